The van der Waals surface area contributed by atoms with E-state index in [1.807, 2.05) is 12.1 Å². The largest absolute Gasteiger partial charge is 0.493 e. The molecule has 96 valence electrons. The molecular weight excluding hydrogens is 216 g/mol. The molecule has 3 N–H and O–H groups in total. The highest BCUT2D eigenvalue weighted by Crippen LogP contribution is 2.27. The Hall–Kier alpha value is -1.26. The van der Waals surface area contributed by atoms with E-state index in [0.717, 1.165) is 37.4 Å². The number of hydrogen-bond acceptors (Lipinski definition) is 4. The van der Waals surface area contributed by atoms with Crippen LogP contribution in [0.15, 0.2) is 18.2 Å². The number of ether oxygens (including phenoxy) is 2. The van der Waals surface area contributed by atoms with Gasteiger partial charge in [0.25, 0.3) is 0 Å². The summed E-state index contributed by atoms with van der Waals surface area (Å²) in [6, 6.07) is 6.05. The predicted octanol–water partition coefficient (Wildman–Crippen LogP) is 1.18. The fraction of sp³-hybridized carbons (Fsp3) is 0.538. The lowest BCUT2D eigenvalue weighted by Gasteiger charge is -2.09. The van der Waals surface area contributed by atoms with Crippen molar-refractivity contribution in [2.75, 3.05) is 33.9 Å². The second-order valence-electron chi connectivity index (χ2n) is 3.83. The van der Waals surface area contributed by atoms with Gasteiger partial charge in [0.15, 0.2) is 11.5 Å². The summed E-state index contributed by atoms with van der Waals surface area (Å²) in [5.41, 5.74) is 6.66. The number of benzene rings is 1. The minimum absolute atomic E-state index is 0.691. The van der Waals surface area contributed by atoms with Crippen molar-refractivity contribution in [3.8, 4) is 11.5 Å². The van der Waals surface area contributed by atoms with E-state index in [0.29, 0.717) is 6.54 Å². The highest BCUT2D eigenvalue weighted by Gasteiger charge is 2.03. The van der Waals surface area contributed by atoms with E-state index in [1.165, 1.54) is 5.56 Å². The molecule has 4 heteroatoms. The van der Waals surface area contributed by atoms with Gasteiger partial charge in [-0.3, -0.25) is 0 Å². The molecule has 1 rings (SSSR count). The van der Waals surface area contributed by atoms with Crippen molar-refractivity contribution in [2.45, 2.75) is 12.8 Å². The summed E-state index contributed by atoms with van der Waals surface area (Å²) in [6.07, 6.45) is 2.12. The van der Waals surface area contributed by atoms with Gasteiger partial charge in [0.05, 0.1) is 14.2 Å². The van der Waals surface area contributed by atoms with E-state index in [4.69, 9.17) is 15.2 Å². The van der Waals surface area contributed by atoms with Crippen LogP contribution in [0.2, 0.25) is 0 Å². The smallest absolute Gasteiger partial charge is 0.160 e. The predicted molar refractivity (Wildman–Crippen MR) is 69.8 cm³/mol. The first-order valence-electron chi connectivity index (χ1n) is 5.93. The molecule has 0 amide bonds. The molecule has 1 aromatic rings. The molecule has 1 aromatic carbocycles. The maximum atomic E-state index is 5.40. The van der Waals surface area contributed by atoms with E-state index >= 15 is 0 Å². The molecule has 0 heterocycles. The van der Waals surface area contributed by atoms with Crippen LogP contribution < -0.4 is 20.5 Å². The Morgan fingerprint density at radius 3 is 2.53 bits per heavy atom. The van der Waals surface area contributed by atoms with Gasteiger partial charge in [0, 0.05) is 13.1 Å². The van der Waals surface area contributed by atoms with Crippen LogP contribution in [0.1, 0.15) is 12.0 Å². The Morgan fingerprint density at radius 1 is 1.12 bits per heavy atom. The van der Waals surface area contributed by atoms with E-state index in [2.05, 4.69) is 11.4 Å². The maximum Gasteiger partial charge on any atom is 0.160 e. The number of hydrogen-bond donors (Lipinski definition) is 2. The van der Waals surface area contributed by atoms with Gasteiger partial charge < -0.3 is 20.5 Å². The van der Waals surface area contributed by atoms with Crippen molar-refractivity contribution in [3.63, 3.8) is 0 Å². The fourth-order valence-corrected chi connectivity index (χ4v) is 1.68. The minimum atomic E-state index is 0.691. The lowest BCUT2D eigenvalue weighted by atomic mass is 10.1. The first-order valence-corrected chi connectivity index (χ1v) is 5.93. The second-order valence-corrected chi connectivity index (χ2v) is 3.83. The summed E-state index contributed by atoms with van der Waals surface area (Å²) in [5, 5.41) is 3.28. The summed E-state index contributed by atoms with van der Waals surface area (Å²) in [7, 11) is 3.30. The Kier molecular flexibility index (Phi) is 6.43. The number of aryl methyl sites for hydroxylation is 1. The van der Waals surface area contributed by atoms with Crippen molar-refractivity contribution < 1.29 is 9.47 Å². The van der Waals surface area contributed by atoms with E-state index in [9.17, 15) is 0 Å². The monoisotopic (exact) mass is 238 g/mol. The van der Waals surface area contributed by atoms with Gasteiger partial charge >= 0.3 is 0 Å². The van der Waals surface area contributed by atoms with Crippen LogP contribution in [0.4, 0.5) is 0 Å². The van der Waals surface area contributed by atoms with Crippen LogP contribution in [0, 0.1) is 0 Å². The Morgan fingerprint density at radius 2 is 1.88 bits per heavy atom. The van der Waals surface area contributed by atoms with Crippen molar-refractivity contribution >= 4 is 0 Å². The van der Waals surface area contributed by atoms with Crippen LogP contribution in [-0.2, 0) is 6.42 Å². The summed E-state index contributed by atoms with van der Waals surface area (Å²) in [6.45, 7) is 2.56. The molecule has 0 aromatic heterocycles. The molecule has 0 bridgehead atoms. The molecular formula is C13H22N2O2. The SMILES string of the molecule is COc1ccc(CCCNCCN)cc1OC. The average molecular weight is 238 g/mol. The molecule has 0 atom stereocenters. The summed E-state index contributed by atoms with van der Waals surface area (Å²) in [4.78, 5) is 0. The molecule has 0 saturated carbocycles. The first-order chi connectivity index (χ1) is 8.31. The summed E-state index contributed by atoms with van der Waals surface area (Å²) >= 11 is 0. The lowest BCUT2D eigenvalue weighted by Crippen LogP contribution is -2.23. The van der Waals surface area contributed by atoms with Crippen molar-refractivity contribution in [1.29, 1.82) is 0 Å². The van der Waals surface area contributed by atoms with Gasteiger partial charge in [-0.2, -0.15) is 0 Å². The topological polar surface area (TPSA) is 56.5 Å². The van der Waals surface area contributed by atoms with Crippen LogP contribution in [0.25, 0.3) is 0 Å². The number of methoxy groups -OCH3 is 2. The zero-order chi connectivity index (χ0) is 12.5. The van der Waals surface area contributed by atoms with Crippen LogP contribution >= 0.6 is 0 Å². The van der Waals surface area contributed by atoms with Gasteiger partial charge in [-0.05, 0) is 37.1 Å². The Bertz CT molecular complexity index is 329. The van der Waals surface area contributed by atoms with Crippen LogP contribution in [0.3, 0.4) is 0 Å². The molecule has 0 unspecified atom stereocenters. The Labute approximate surface area is 103 Å². The fourth-order valence-electron chi connectivity index (χ4n) is 1.68. The molecule has 17 heavy (non-hydrogen) atoms. The molecule has 0 saturated heterocycles. The van der Waals surface area contributed by atoms with Gasteiger partial charge in [0.1, 0.15) is 0 Å². The third kappa shape index (κ3) is 4.63. The van der Waals surface area contributed by atoms with Crippen molar-refractivity contribution in [3.05, 3.63) is 23.8 Å². The van der Waals surface area contributed by atoms with Crippen molar-refractivity contribution in [2.24, 2.45) is 5.73 Å². The maximum absolute atomic E-state index is 5.40. The molecule has 0 fully saturated rings. The van der Waals surface area contributed by atoms with E-state index in [-0.39, 0.29) is 0 Å². The average Bonchev–Trinajstić information content (AvgIpc) is 2.38. The molecule has 0 aliphatic carbocycles. The first kappa shape index (κ1) is 13.8. The number of nitrogens with two attached hydrogens (primary N) is 1. The van der Waals surface area contributed by atoms with E-state index < -0.39 is 0 Å². The normalized spacial score (nSPS) is 10.3. The highest BCUT2D eigenvalue weighted by molar-refractivity contribution is 5.42. The van der Waals surface area contributed by atoms with Crippen molar-refractivity contribution in [1.82, 2.24) is 5.32 Å². The molecule has 0 aliphatic heterocycles. The van der Waals surface area contributed by atoms with Gasteiger partial charge in [-0.25, -0.2) is 0 Å². The summed E-state index contributed by atoms with van der Waals surface area (Å²) < 4.78 is 10.5. The van der Waals surface area contributed by atoms with Crippen LogP contribution in [0.5, 0.6) is 11.5 Å². The Balaban J connectivity index is 2.43. The lowest BCUT2D eigenvalue weighted by molar-refractivity contribution is 0.354. The molecule has 0 radical (unpaired) electrons. The minimum Gasteiger partial charge on any atom is -0.493 e. The quantitative estimate of drug-likeness (QED) is 0.668. The number of nitrogens with one attached hydrogen (secondary N) is 1. The standard InChI is InChI=1S/C13H22N2O2/c1-16-12-6-5-11(10-13(12)17-2)4-3-8-15-9-7-14/h5-6,10,15H,3-4,7-9,14H2,1-2H3. The van der Waals surface area contributed by atoms with Gasteiger partial charge in [0.2, 0.25) is 0 Å². The summed E-state index contributed by atoms with van der Waals surface area (Å²) in [5.74, 6) is 1.57. The zero-order valence-electron chi connectivity index (χ0n) is 10.7. The van der Waals surface area contributed by atoms with Gasteiger partial charge in [-0.1, -0.05) is 6.07 Å². The zero-order valence-corrected chi connectivity index (χ0v) is 10.7. The van der Waals surface area contributed by atoms with Gasteiger partial charge in [-0.15, -0.1) is 0 Å². The third-order valence-corrected chi connectivity index (χ3v) is 2.59. The molecule has 0 spiro atoms. The molecule has 0 aliphatic rings. The third-order valence-electron chi connectivity index (χ3n) is 2.59. The van der Waals surface area contributed by atoms with E-state index in [1.54, 1.807) is 14.2 Å². The number of rotatable bonds is 8. The molecule has 4 nitrogen and oxygen atoms in total. The second kappa shape index (κ2) is 7.92. The highest BCUT2D eigenvalue weighted by atomic mass is 16.5. The van der Waals surface area contributed by atoms with Crippen LogP contribution in [-0.4, -0.2) is 33.9 Å².